The largest absolute Gasteiger partial charge is 0.356 e. The molecule has 30 heavy (non-hydrogen) atoms. The van der Waals surface area contributed by atoms with Crippen LogP contribution in [-0.4, -0.2) is 76.8 Å². The molecule has 166 valence electrons. The van der Waals surface area contributed by atoms with Crippen molar-refractivity contribution in [2.24, 2.45) is 12.0 Å². The second-order valence-corrected chi connectivity index (χ2v) is 7.46. The highest BCUT2D eigenvalue weighted by atomic mass is 127. The van der Waals surface area contributed by atoms with Crippen molar-refractivity contribution < 1.29 is 0 Å². The summed E-state index contributed by atoms with van der Waals surface area (Å²) in [7, 11) is 3.68. The lowest BCUT2D eigenvalue weighted by Crippen LogP contribution is -2.46. The second kappa shape index (κ2) is 13.6. The highest BCUT2D eigenvalue weighted by Crippen LogP contribution is 2.09. The van der Waals surface area contributed by atoms with E-state index in [0.29, 0.717) is 6.54 Å². The quantitative estimate of drug-likeness (QED) is 0.224. The number of guanidine groups is 1. The summed E-state index contributed by atoms with van der Waals surface area (Å²) in [6.45, 7) is 8.43. The van der Waals surface area contributed by atoms with Gasteiger partial charge in [0.15, 0.2) is 5.96 Å². The van der Waals surface area contributed by atoms with Gasteiger partial charge in [0.05, 0.1) is 6.54 Å². The first-order valence-corrected chi connectivity index (χ1v) is 10.5. The van der Waals surface area contributed by atoms with E-state index in [1.54, 1.807) is 18.1 Å². The SMILES string of the molecule is CN=C(NCCCCN1CCN(Cc2ccccc2)CC1)NCc1ncnn1C.I. The number of aromatic nitrogens is 3. The Bertz CT molecular complexity index is 740. The summed E-state index contributed by atoms with van der Waals surface area (Å²) in [4.78, 5) is 13.6. The van der Waals surface area contributed by atoms with E-state index >= 15 is 0 Å². The first-order valence-electron chi connectivity index (χ1n) is 10.5. The summed E-state index contributed by atoms with van der Waals surface area (Å²) in [6, 6.07) is 10.8. The third-order valence-corrected chi connectivity index (χ3v) is 5.35. The minimum absolute atomic E-state index is 0. The number of piperazine rings is 1. The second-order valence-electron chi connectivity index (χ2n) is 7.46. The molecule has 1 saturated heterocycles. The number of aryl methyl sites for hydroxylation is 1. The van der Waals surface area contributed by atoms with Crippen molar-refractivity contribution in [1.29, 1.82) is 0 Å². The number of aliphatic imine (C=N–C) groups is 1. The van der Waals surface area contributed by atoms with E-state index in [9.17, 15) is 0 Å². The van der Waals surface area contributed by atoms with Gasteiger partial charge in [0.25, 0.3) is 0 Å². The van der Waals surface area contributed by atoms with Gasteiger partial charge in [0.1, 0.15) is 12.2 Å². The Morgan fingerprint density at radius 3 is 2.43 bits per heavy atom. The maximum atomic E-state index is 4.27. The third-order valence-electron chi connectivity index (χ3n) is 5.35. The molecule has 8 nitrogen and oxygen atoms in total. The molecule has 1 fully saturated rings. The molecule has 0 spiro atoms. The van der Waals surface area contributed by atoms with E-state index in [0.717, 1.165) is 44.4 Å². The van der Waals surface area contributed by atoms with E-state index in [1.807, 2.05) is 7.05 Å². The normalized spacial score (nSPS) is 15.6. The number of unbranched alkanes of at least 4 members (excludes halogenated alkanes) is 1. The monoisotopic (exact) mass is 526 g/mol. The van der Waals surface area contributed by atoms with Gasteiger partial charge in [0.2, 0.25) is 0 Å². The first kappa shape index (κ1) is 24.5. The Kier molecular flexibility index (Phi) is 11.1. The molecule has 1 aromatic heterocycles. The van der Waals surface area contributed by atoms with Gasteiger partial charge < -0.3 is 15.5 Å². The lowest BCUT2D eigenvalue weighted by Gasteiger charge is -2.34. The van der Waals surface area contributed by atoms with Gasteiger partial charge in [0, 0.05) is 53.4 Å². The van der Waals surface area contributed by atoms with Gasteiger partial charge in [-0.2, -0.15) is 5.10 Å². The number of rotatable bonds is 9. The molecule has 0 amide bonds. The maximum absolute atomic E-state index is 4.27. The molecule has 0 radical (unpaired) electrons. The van der Waals surface area contributed by atoms with Crippen LogP contribution in [0.4, 0.5) is 0 Å². The molecule has 2 heterocycles. The lowest BCUT2D eigenvalue weighted by molar-refractivity contribution is 0.126. The molecule has 0 aliphatic carbocycles. The molecule has 9 heteroatoms. The fourth-order valence-corrected chi connectivity index (χ4v) is 3.54. The van der Waals surface area contributed by atoms with Crippen LogP contribution in [0.15, 0.2) is 41.7 Å². The third kappa shape index (κ3) is 8.19. The molecule has 0 saturated carbocycles. The van der Waals surface area contributed by atoms with Crippen LogP contribution in [0.1, 0.15) is 24.2 Å². The highest BCUT2D eigenvalue weighted by molar-refractivity contribution is 14.0. The Hall–Kier alpha value is -1.72. The molecule has 0 bridgehead atoms. The molecule has 3 rings (SSSR count). The molecule has 1 aliphatic heterocycles. The van der Waals surface area contributed by atoms with Crippen LogP contribution in [0.3, 0.4) is 0 Å². The fraction of sp³-hybridized carbons (Fsp3) is 0.571. The van der Waals surface area contributed by atoms with Crippen LogP contribution < -0.4 is 10.6 Å². The van der Waals surface area contributed by atoms with Crippen LogP contribution >= 0.6 is 24.0 Å². The summed E-state index contributed by atoms with van der Waals surface area (Å²) < 4.78 is 1.76. The Balaban J connectivity index is 0.00000320. The van der Waals surface area contributed by atoms with E-state index in [4.69, 9.17) is 0 Å². The van der Waals surface area contributed by atoms with Crippen LogP contribution in [0.5, 0.6) is 0 Å². The predicted molar refractivity (Wildman–Crippen MR) is 132 cm³/mol. The average Bonchev–Trinajstić information content (AvgIpc) is 3.17. The predicted octanol–water partition coefficient (Wildman–Crippen LogP) is 1.70. The van der Waals surface area contributed by atoms with Crippen LogP contribution in [0.25, 0.3) is 0 Å². The van der Waals surface area contributed by atoms with Crippen LogP contribution in [-0.2, 0) is 20.1 Å². The van der Waals surface area contributed by atoms with Gasteiger partial charge in [-0.25, -0.2) is 4.98 Å². The van der Waals surface area contributed by atoms with E-state index in [1.165, 1.54) is 31.6 Å². The standard InChI is InChI=1S/C21H34N8.HI/c1-22-21(24-16-20-25-18-26-27(20)2)23-10-6-7-11-28-12-14-29(15-13-28)17-19-8-4-3-5-9-19;/h3-5,8-9,18H,6-7,10-17H2,1-2H3,(H2,22,23,24);1H. The van der Waals surface area contributed by atoms with Crippen molar-refractivity contribution >= 4 is 29.9 Å². The fourth-order valence-electron chi connectivity index (χ4n) is 3.54. The zero-order valence-corrected chi connectivity index (χ0v) is 20.5. The minimum Gasteiger partial charge on any atom is -0.356 e. The Morgan fingerprint density at radius 1 is 1.03 bits per heavy atom. The smallest absolute Gasteiger partial charge is 0.191 e. The molecular weight excluding hydrogens is 491 g/mol. The molecule has 2 N–H and O–H groups in total. The Morgan fingerprint density at radius 2 is 1.77 bits per heavy atom. The summed E-state index contributed by atoms with van der Waals surface area (Å²) in [5.41, 5.74) is 1.41. The molecule has 1 aromatic carbocycles. The highest BCUT2D eigenvalue weighted by Gasteiger charge is 2.16. The molecule has 0 unspecified atom stereocenters. The van der Waals surface area contributed by atoms with Gasteiger partial charge in [-0.1, -0.05) is 30.3 Å². The number of nitrogens with one attached hydrogen (secondary N) is 2. The van der Waals surface area contributed by atoms with Crippen molar-refractivity contribution in [3.05, 3.63) is 48.0 Å². The average molecular weight is 526 g/mol. The summed E-state index contributed by atoms with van der Waals surface area (Å²) in [5, 5.41) is 10.7. The Labute approximate surface area is 197 Å². The van der Waals surface area contributed by atoms with Gasteiger partial charge >= 0.3 is 0 Å². The van der Waals surface area contributed by atoms with Crippen molar-refractivity contribution in [3.63, 3.8) is 0 Å². The number of hydrogen-bond acceptors (Lipinski definition) is 5. The maximum Gasteiger partial charge on any atom is 0.191 e. The van der Waals surface area contributed by atoms with Crippen molar-refractivity contribution in [2.75, 3.05) is 46.3 Å². The van der Waals surface area contributed by atoms with Gasteiger partial charge in [-0.05, 0) is 24.9 Å². The summed E-state index contributed by atoms with van der Waals surface area (Å²) >= 11 is 0. The van der Waals surface area contributed by atoms with Crippen LogP contribution in [0, 0.1) is 0 Å². The van der Waals surface area contributed by atoms with E-state index in [-0.39, 0.29) is 24.0 Å². The summed E-state index contributed by atoms with van der Waals surface area (Å²) in [5.74, 6) is 1.70. The lowest BCUT2D eigenvalue weighted by atomic mass is 10.2. The van der Waals surface area contributed by atoms with E-state index < -0.39 is 0 Å². The molecule has 0 atom stereocenters. The first-order chi connectivity index (χ1) is 14.2. The number of hydrogen-bond donors (Lipinski definition) is 2. The molecular formula is C21H35IN8. The van der Waals surface area contributed by atoms with Gasteiger partial charge in [-0.15, -0.1) is 24.0 Å². The van der Waals surface area contributed by atoms with Crippen LogP contribution in [0.2, 0.25) is 0 Å². The number of benzene rings is 1. The van der Waals surface area contributed by atoms with Gasteiger partial charge in [-0.3, -0.25) is 14.6 Å². The van der Waals surface area contributed by atoms with Crippen molar-refractivity contribution in [2.45, 2.75) is 25.9 Å². The number of nitrogens with zero attached hydrogens (tertiary/aromatic N) is 6. The topological polar surface area (TPSA) is 73.6 Å². The summed E-state index contributed by atoms with van der Waals surface area (Å²) in [6.07, 6.45) is 3.90. The zero-order chi connectivity index (χ0) is 20.3. The van der Waals surface area contributed by atoms with E-state index in [2.05, 4.69) is 65.8 Å². The zero-order valence-electron chi connectivity index (χ0n) is 18.1. The minimum atomic E-state index is 0. The molecule has 1 aliphatic rings. The van der Waals surface area contributed by atoms with Crippen molar-refractivity contribution in [3.8, 4) is 0 Å². The number of halogens is 1. The molecule has 2 aromatic rings. The van der Waals surface area contributed by atoms with Crippen molar-refractivity contribution in [1.82, 2.24) is 35.2 Å².